The molecule has 1 aliphatic carbocycles. The van der Waals surface area contributed by atoms with Crippen LogP contribution in [0.3, 0.4) is 0 Å². The van der Waals surface area contributed by atoms with Crippen molar-refractivity contribution in [1.29, 1.82) is 0 Å². The van der Waals surface area contributed by atoms with Crippen molar-refractivity contribution in [2.24, 2.45) is 0 Å². The number of anilines is 1. The molecule has 2 aromatic heterocycles. The van der Waals surface area contributed by atoms with Gasteiger partial charge in [-0.25, -0.2) is 41.0 Å². The van der Waals surface area contributed by atoms with Crippen molar-refractivity contribution in [2.45, 2.75) is 43.1 Å². The summed E-state index contributed by atoms with van der Waals surface area (Å²) >= 11 is 0. The summed E-state index contributed by atoms with van der Waals surface area (Å²) in [5.41, 5.74) is 0.643. The van der Waals surface area contributed by atoms with Gasteiger partial charge >= 0.3 is 25.6 Å². The molecule has 8 rings (SSSR count). The van der Waals surface area contributed by atoms with Crippen LogP contribution in [0, 0.1) is 5.82 Å². The van der Waals surface area contributed by atoms with Crippen LogP contribution < -0.4 is 4.90 Å². The van der Waals surface area contributed by atoms with Gasteiger partial charge in [0.2, 0.25) is 5.82 Å². The van der Waals surface area contributed by atoms with Crippen molar-refractivity contribution < 1.29 is 45.9 Å². The monoisotopic (exact) mass is 538 g/mol. The van der Waals surface area contributed by atoms with Gasteiger partial charge in [-0.1, -0.05) is 6.07 Å². The molecule has 13 nitrogen and oxygen atoms in total. The van der Waals surface area contributed by atoms with Crippen molar-refractivity contribution in [3.8, 4) is 22.6 Å². The first-order chi connectivity index (χ1) is 17.6. The molecule has 0 radical (unpaired) electrons. The molecular weight excluding hydrogens is 524 g/mol. The van der Waals surface area contributed by atoms with Gasteiger partial charge in [-0.3, -0.25) is 4.98 Å². The van der Waals surface area contributed by atoms with E-state index in [4.69, 9.17) is 18.3 Å². The Kier molecular flexibility index (Phi) is 4.50. The van der Waals surface area contributed by atoms with E-state index >= 15 is 4.39 Å². The van der Waals surface area contributed by atoms with Crippen molar-refractivity contribution in [3.63, 3.8) is 0 Å². The molecule has 4 saturated heterocycles. The maximum Gasteiger partial charge on any atom is 0.486 e. The Bertz CT molecular complexity index is 1490. The molecule has 17 heteroatoms. The number of aliphatic hydroxyl groups is 1. The molecule has 3 aromatic rings. The molecule has 37 heavy (non-hydrogen) atoms. The third-order valence-corrected chi connectivity index (χ3v) is 7.76. The lowest BCUT2D eigenvalue weighted by molar-refractivity contribution is -0.297. The van der Waals surface area contributed by atoms with Crippen LogP contribution in [0.4, 0.5) is 23.7 Å². The van der Waals surface area contributed by atoms with Gasteiger partial charge in [-0.2, -0.15) is 4.80 Å². The molecule has 1 spiro atoms. The highest BCUT2D eigenvalue weighted by atomic mass is 31.2. The number of alkyl halides is 2. The highest BCUT2D eigenvalue weighted by molar-refractivity contribution is 7.50. The molecule has 6 heterocycles. The summed E-state index contributed by atoms with van der Waals surface area (Å²) in [4.78, 5) is 18.9. The van der Waals surface area contributed by atoms with Crippen LogP contribution in [0.2, 0.25) is 0 Å². The Morgan fingerprint density at radius 1 is 1.16 bits per heavy atom. The Morgan fingerprint density at radius 3 is 2.59 bits per heavy atom. The average molecular weight is 538 g/mol. The van der Waals surface area contributed by atoms with Crippen molar-refractivity contribution in [3.05, 3.63) is 42.3 Å². The summed E-state index contributed by atoms with van der Waals surface area (Å²) in [7, 11) is -4.36. The number of hydrogen-bond acceptors (Lipinski definition) is 11. The molecular formula is C20H14F3N6O7P. The quantitative estimate of drug-likeness (QED) is 0.461. The Balaban J connectivity index is 1.19. The molecule has 1 amide bonds. The number of aliphatic hydroxyl groups excluding tert-OH is 1. The number of aromatic nitrogens is 5. The smallest absolute Gasteiger partial charge is 0.404 e. The first-order valence-electron chi connectivity index (χ1n) is 10.9. The Hall–Kier alpha value is -3.43. The van der Waals surface area contributed by atoms with Crippen LogP contribution in [-0.4, -0.2) is 60.6 Å². The molecule has 4 aliphatic heterocycles. The van der Waals surface area contributed by atoms with Gasteiger partial charge in [0.1, 0.15) is 11.5 Å². The van der Waals surface area contributed by atoms with E-state index in [9.17, 15) is 23.2 Å². The zero-order valence-electron chi connectivity index (χ0n) is 18.3. The van der Waals surface area contributed by atoms with E-state index in [2.05, 4.69) is 20.4 Å². The lowest BCUT2D eigenvalue weighted by atomic mass is 10.0. The normalized spacial score (nSPS) is 30.8. The van der Waals surface area contributed by atoms with Crippen LogP contribution in [0.1, 0.15) is 18.9 Å². The van der Waals surface area contributed by atoms with Gasteiger partial charge in [-0.05, 0) is 42.3 Å². The number of ether oxygens (including phenoxy) is 1. The minimum absolute atomic E-state index is 0.0881. The second kappa shape index (κ2) is 7.33. The summed E-state index contributed by atoms with van der Waals surface area (Å²) in [6, 6.07) is 6.88. The number of pyridine rings is 1. The fraction of sp³-hybridized carbons (Fsp3) is 0.350. The maximum absolute atomic E-state index is 15.2. The fourth-order valence-electron chi connectivity index (χ4n) is 4.41. The molecule has 5 aliphatic rings. The second-order valence-corrected chi connectivity index (χ2v) is 10.2. The molecule has 2 bridgehead atoms. The van der Waals surface area contributed by atoms with Crippen molar-refractivity contribution in [2.75, 3.05) is 4.90 Å². The summed E-state index contributed by atoms with van der Waals surface area (Å²) in [6.07, 6.45) is -4.22. The SMILES string of the molecule is O=C1O[C@]2([C@@H](O)C(F)F)OP3(=O)OC2(O3)N1c1ccc(-c2ccc(-c3nnn(C4CC4)n3)nc2)c(F)c1. The third-order valence-electron chi connectivity index (χ3n) is 6.32. The number of hydrogen-bond donors (Lipinski definition) is 1. The molecule has 192 valence electrons. The highest BCUT2D eigenvalue weighted by Gasteiger charge is 2.92. The van der Waals surface area contributed by atoms with Gasteiger partial charge in [-0.15, -0.1) is 10.2 Å². The minimum Gasteiger partial charge on any atom is -0.404 e. The molecule has 2 atom stereocenters. The van der Waals surface area contributed by atoms with Crippen LogP contribution >= 0.6 is 7.82 Å². The molecule has 1 N–H and O–H groups in total. The van der Waals surface area contributed by atoms with Gasteiger partial charge < -0.3 is 9.84 Å². The zero-order chi connectivity index (χ0) is 25.7. The van der Waals surface area contributed by atoms with Crippen LogP contribution in [0.25, 0.3) is 22.6 Å². The number of carbonyl (C=O) groups is 1. The Morgan fingerprint density at radius 2 is 1.95 bits per heavy atom. The number of phosphoric ester groups is 1. The summed E-state index contributed by atoms with van der Waals surface area (Å²) in [6.45, 7) is 0. The standard InChI is InChI=1S/C20H14F3N6O7P/c21-13-7-11(28-18(31)33-19(15(30)16(22)23)20(28)35-37(32,34-19)36-20)4-5-12(13)9-1-6-14(24-8-9)17-25-27-29(26-17)10-2-3-10/h1,4-8,10,15-16,30H,2-3H2/t15-,19+,20?,37?/m0/s1. The zero-order valence-corrected chi connectivity index (χ0v) is 19.2. The number of benzene rings is 1. The minimum atomic E-state index is -4.36. The van der Waals surface area contributed by atoms with E-state index in [1.54, 1.807) is 12.1 Å². The van der Waals surface area contributed by atoms with Crippen LogP contribution in [0.5, 0.6) is 0 Å². The first-order valence-corrected chi connectivity index (χ1v) is 12.4. The lowest BCUT2D eigenvalue weighted by Crippen LogP contribution is -2.65. The maximum atomic E-state index is 15.2. The Labute approximate surface area is 204 Å². The lowest BCUT2D eigenvalue weighted by Gasteiger charge is -2.39. The van der Waals surface area contributed by atoms with Crippen molar-refractivity contribution in [1.82, 2.24) is 25.2 Å². The van der Waals surface area contributed by atoms with Gasteiger partial charge in [0, 0.05) is 17.3 Å². The topological polar surface area (TPSA) is 151 Å². The van der Waals surface area contributed by atoms with Gasteiger partial charge in [0.25, 0.3) is 6.43 Å². The van der Waals surface area contributed by atoms with E-state index < -0.39 is 44.0 Å². The van der Waals surface area contributed by atoms with E-state index in [0.29, 0.717) is 22.0 Å². The van der Waals surface area contributed by atoms with E-state index in [1.165, 1.54) is 23.1 Å². The van der Waals surface area contributed by atoms with Gasteiger partial charge in [0.05, 0.1) is 11.7 Å². The van der Waals surface area contributed by atoms with Crippen LogP contribution in [0.15, 0.2) is 36.5 Å². The van der Waals surface area contributed by atoms with Gasteiger partial charge in [0.15, 0.2) is 6.10 Å². The number of halogens is 3. The van der Waals surface area contributed by atoms with Crippen molar-refractivity contribution >= 4 is 19.6 Å². The van der Waals surface area contributed by atoms with E-state index in [-0.39, 0.29) is 17.3 Å². The van der Waals surface area contributed by atoms with E-state index in [1.807, 2.05) is 0 Å². The third kappa shape index (κ3) is 3.07. The predicted molar refractivity (Wildman–Crippen MR) is 112 cm³/mol. The first kappa shape index (κ1) is 22.7. The molecule has 1 aromatic carbocycles. The average Bonchev–Trinajstić information content (AvgIpc) is 3.35. The van der Waals surface area contributed by atoms with E-state index in [0.717, 1.165) is 18.9 Å². The summed E-state index contributed by atoms with van der Waals surface area (Å²) in [5, 5.41) is 22.3. The number of carbonyl (C=O) groups excluding carboxylic acids is 1. The van der Waals surface area contributed by atoms with Crippen LogP contribution in [-0.2, 0) is 22.9 Å². The summed E-state index contributed by atoms with van der Waals surface area (Å²) < 4.78 is 73.9. The molecule has 0 unspecified atom stereocenters. The molecule has 1 saturated carbocycles. The molecule has 5 fully saturated rings. The number of amides is 1. The number of tetrazole rings is 1. The highest BCUT2D eigenvalue weighted by Crippen LogP contribution is 2.81. The number of rotatable bonds is 6. The largest absolute Gasteiger partial charge is 0.486 e. The summed E-state index contributed by atoms with van der Waals surface area (Å²) in [5.74, 6) is -6.07. The number of phosphoric acid groups is 1. The fourth-order valence-corrected chi connectivity index (χ4v) is 6.11. The predicted octanol–water partition coefficient (Wildman–Crippen LogP) is 2.99. The second-order valence-electron chi connectivity index (χ2n) is 8.71. The number of nitrogens with zero attached hydrogens (tertiary/aromatic N) is 6.